The van der Waals surface area contributed by atoms with Crippen LogP contribution in [0.25, 0.3) is 0 Å². The normalized spacial score (nSPS) is 6.78. The molecule has 0 aromatic heterocycles. The summed E-state index contributed by atoms with van der Waals surface area (Å²) in [5.74, 6) is -0.259. The lowest BCUT2D eigenvalue weighted by Crippen LogP contribution is -2.10. The average molecular weight is 246 g/mol. The molecule has 0 atom stereocenters. The number of alkyl halides is 1. The number of amides is 2. The fraction of sp³-hybridized carbons (Fsp3) is 0.333. The molecule has 6 heteroatoms. The number of nitrogens with two attached hydrogens (primary N) is 2. The minimum Gasteiger partial charge on any atom is -0.465 e. The molecule has 0 aliphatic heterocycles. The van der Waals surface area contributed by atoms with Gasteiger partial charge in [0.2, 0.25) is 5.91 Å². The van der Waals surface area contributed by atoms with E-state index >= 15 is 0 Å². The molecule has 0 bridgehead atoms. The van der Waals surface area contributed by atoms with Gasteiger partial charge in [0, 0.05) is 0 Å². The first kappa shape index (κ1) is 11.3. The van der Waals surface area contributed by atoms with Crippen LogP contribution in [0.5, 0.6) is 0 Å². The van der Waals surface area contributed by atoms with Gasteiger partial charge in [-0.3, -0.25) is 4.79 Å². The van der Waals surface area contributed by atoms with Crippen molar-refractivity contribution < 1.29 is 14.7 Å². The molecule has 0 aromatic carbocycles. The summed E-state index contributed by atoms with van der Waals surface area (Å²) in [7, 11) is 0. The van der Waals surface area contributed by atoms with Gasteiger partial charge in [-0.05, 0) is 0 Å². The monoisotopic (exact) mass is 246 g/mol. The Bertz CT molecular complexity index is 101. The third kappa shape index (κ3) is 103. The van der Waals surface area contributed by atoms with Crippen molar-refractivity contribution in [2.75, 3.05) is 4.43 Å². The molecule has 5 N–H and O–H groups in total. The van der Waals surface area contributed by atoms with Crippen LogP contribution in [0, 0.1) is 0 Å². The fourth-order valence-electron chi connectivity index (χ4n) is 0. The van der Waals surface area contributed by atoms with Gasteiger partial charge in [-0.25, -0.2) is 4.79 Å². The van der Waals surface area contributed by atoms with E-state index in [1.54, 1.807) is 0 Å². The Morgan fingerprint density at radius 3 is 1.56 bits per heavy atom. The van der Waals surface area contributed by atoms with Crippen LogP contribution in [0.2, 0.25) is 0 Å². The Balaban J connectivity index is 0. The molecule has 0 fully saturated rings. The predicted molar refractivity (Wildman–Crippen MR) is 40.3 cm³/mol. The molecular formula is C3H7IN2O3. The number of carboxylic acid groups (broad SMARTS) is 1. The number of hydrogen-bond donors (Lipinski definition) is 3. The Kier molecular flexibility index (Phi) is 9.37. The summed E-state index contributed by atoms with van der Waals surface area (Å²) < 4.78 is 0.414. The van der Waals surface area contributed by atoms with E-state index in [0.29, 0.717) is 4.43 Å². The summed E-state index contributed by atoms with van der Waals surface area (Å²) >= 11 is 1.90. The summed E-state index contributed by atoms with van der Waals surface area (Å²) in [6.45, 7) is 0. The van der Waals surface area contributed by atoms with Gasteiger partial charge in [-0.1, -0.05) is 22.6 Å². The van der Waals surface area contributed by atoms with Crippen molar-refractivity contribution in [2.24, 2.45) is 11.5 Å². The first-order valence-electron chi connectivity index (χ1n) is 1.83. The molecule has 0 aliphatic carbocycles. The zero-order valence-electron chi connectivity index (χ0n) is 4.50. The third-order valence-electron chi connectivity index (χ3n) is 0.132. The summed E-state index contributed by atoms with van der Waals surface area (Å²) in [4.78, 5) is 18.4. The maximum Gasteiger partial charge on any atom is 0.402 e. The number of halogens is 1. The predicted octanol–water partition coefficient (Wildman–Crippen LogP) is -0.470. The molecule has 5 nitrogen and oxygen atoms in total. The molecule has 0 aromatic rings. The van der Waals surface area contributed by atoms with Gasteiger partial charge in [-0.15, -0.1) is 0 Å². The summed E-state index contributed by atoms with van der Waals surface area (Å²) in [5.41, 5.74) is 8.67. The molecule has 0 radical (unpaired) electrons. The van der Waals surface area contributed by atoms with Crippen molar-refractivity contribution >= 4 is 34.6 Å². The molecule has 9 heavy (non-hydrogen) atoms. The van der Waals surface area contributed by atoms with Crippen LogP contribution in [0.3, 0.4) is 0 Å². The Morgan fingerprint density at radius 2 is 1.56 bits per heavy atom. The topological polar surface area (TPSA) is 106 Å². The lowest BCUT2D eigenvalue weighted by atomic mass is 10.8. The molecule has 0 heterocycles. The highest BCUT2D eigenvalue weighted by atomic mass is 127. The second-order valence-corrected chi connectivity index (χ2v) is 1.70. The minimum absolute atomic E-state index is 0.259. The van der Waals surface area contributed by atoms with E-state index in [2.05, 4.69) is 11.5 Å². The minimum atomic E-state index is -1.33. The highest BCUT2D eigenvalue weighted by Crippen LogP contribution is 1.72. The number of hydrogen-bond acceptors (Lipinski definition) is 2. The van der Waals surface area contributed by atoms with Crippen molar-refractivity contribution in [1.82, 2.24) is 0 Å². The summed E-state index contributed by atoms with van der Waals surface area (Å²) in [5, 5.41) is 7.19. The molecule has 0 saturated heterocycles. The highest BCUT2D eigenvalue weighted by molar-refractivity contribution is 14.1. The van der Waals surface area contributed by atoms with Gasteiger partial charge < -0.3 is 16.6 Å². The number of primary amides is 2. The van der Waals surface area contributed by atoms with Gasteiger partial charge in [0.1, 0.15) is 0 Å². The lowest BCUT2D eigenvalue weighted by molar-refractivity contribution is -0.115. The van der Waals surface area contributed by atoms with E-state index in [0.717, 1.165) is 0 Å². The van der Waals surface area contributed by atoms with E-state index in [1.807, 2.05) is 22.6 Å². The molecule has 0 saturated carbocycles. The Hall–Kier alpha value is -0.530. The Morgan fingerprint density at radius 1 is 1.44 bits per heavy atom. The van der Waals surface area contributed by atoms with Gasteiger partial charge >= 0.3 is 6.09 Å². The summed E-state index contributed by atoms with van der Waals surface area (Å²) in [6.07, 6.45) is -1.33. The standard InChI is InChI=1S/C2H4INO.CH3NO2/c3-1-2(4)5;2-1(3)4/h1H2,(H2,4,5);2H2,(H,3,4). The zero-order chi connectivity index (χ0) is 7.86. The summed E-state index contributed by atoms with van der Waals surface area (Å²) in [6, 6.07) is 0. The molecule has 0 rings (SSSR count). The first-order chi connectivity index (χ1) is 4.00. The maximum atomic E-state index is 9.58. The van der Waals surface area contributed by atoms with E-state index in [9.17, 15) is 4.79 Å². The Labute approximate surface area is 65.5 Å². The first-order valence-corrected chi connectivity index (χ1v) is 3.36. The smallest absolute Gasteiger partial charge is 0.402 e. The second-order valence-electron chi connectivity index (χ2n) is 0.938. The SMILES string of the molecule is NC(=O)CI.NC(=O)O. The van der Waals surface area contributed by atoms with E-state index in [4.69, 9.17) is 9.90 Å². The van der Waals surface area contributed by atoms with Crippen molar-refractivity contribution in [1.29, 1.82) is 0 Å². The van der Waals surface area contributed by atoms with E-state index in [1.165, 1.54) is 0 Å². The molecule has 0 aliphatic rings. The van der Waals surface area contributed by atoms with Crippen LogP contribution in [0.15, 0.2) is 0 Å². The zero-order valence-corrected chi connectivity index (χ0v) is 6.66. The van der Waals surface area contributed by atoms with Gasteiger partial charge in [0.25, 0.3) is 0 Å². The molecule has 54 valence electrons. The number of carbonyl (C=O) groups excluding carboxylic acids is 1. The second kappa shape index (κ2) is 7.47. The van der Waals surface area contributed by atoms with Crippen molar-refractivity contribution in [3.05, 3.63) is 0 Å². The number of carbonyl (C=O) groups is 2. The number of rotatable bonds is 1. The van der Waals surface area contributed by atoms with Crippen LogP contribution in [0.1, 0.15) is 0 Å². The van der Waals surface area contributed by atoms with Gasteiger partial charge in [0.15, 0.2) is 0 Å². The lowest BCUT2D eigenvalue weighted by Gasteiger charge is -1.71. The van der Waals surface area contributed by atoms with Gasteiger partial charge in [-0.2, -0.15) is 0 Å². The highest BCUT2D eigenvalue weighted by Gasteiger charge is 1.79. The molecule has 2 amide bonds. The van der Waals surface area contributed by atoms with E-state index < -0.39 is 6.09 Å². The van der Waals surface area contributed by atoms with Crippen molar-refractivity contribution in [3.63, 3.8) is 0 Å². The van der Waals surface area contributed by atoms with E-state index in [-0.39, 0.29) is 5.91 Å². The largest absolute Gasteiger partial charge is 0.465 e. The fourth-order valence-corrected chi connectivity index (χ4v) is 0. The van der Waals surface area contributed by atoms with Crippen molar-refractivity contribution in [3.8, 4) is 0 Å². The third-order valence-corrected chi connectivity index (χ3v) is 0.884. The van der Waals surface area contributed by atoms with Crippen molar-refractivity contribution in [2.45, 2.75) is 0 Å². The van der Waals surface area contributed by atoms with Gasteiger partial charge in [0.05, 0.1) is 4.43 Å². The van der Waals surface area contributed by atoms with Crippen LogP contribution in [-0.4, -0.2) is 21.5 Å². The van der Waals surface area contributed by atoms with Crippen LogP contribution < -0.4 is 11.5 Å². The van der Waals surface area contributed by atoms with Crippen LogP contribution in [-0.2, 0) is 4.79 Å². The maximum absolute atomic E-state index is 9.58. The molecular weight excluding hydrogens is 239 g/mol. The van der Waals surface area contributed by atoms with Crippen LogP contribution in [0.4, 0.5) is 4.79 Å². The quantitative estimate of drug-likeness (QED) is 0.430. The molecule has 0 unspecified atom stereocenters. The molecule has 0 spiro atoms. The van der Waals surface area contributed by atoms with Crippen LogP contribution >= 0.6 is 22.6 Å². The average Bonchev–Trinajstić information content (AvgIpc) is 1.65.